The predicted molar refractivity (Wildman–Crippen MR) is 72.1 cm³/mol. The topological polar surface area (TPSA) is 83.8 Å². The standard InChI is InChI=1S/C14H18N4O2/c1-8-6-15-7-11(8)12(19)17-14(3,10-4-5-10)13-16-9(2)20-18-13/h6-7,10,15H,4-5H2,1-3H3,(H,17,19)/t14-/m1/s1. The number of H-pyrrole nitrogens is 1. The molecule has 2 aromatic rings. The number of aryl methyl sites for hydroxylation is 2. The fourth-order valence-electron chi connectivity index (χ4n) is 2.50. The Labute approximate surface area is 117 Å². The summed E-state index contributed by atoms with van der Waals surface area (Å²) in [6.07, 6.45) is 5.65. The van der Waals surface area contributed by atoms with Crippen LogP contribution >= 0.6 is 0 Å². The molecule has 1 aliphatic rings. The number of hydrogen-bond acceptors (Lipinski definition) is 4. The summed E-state index contributed by atoms with van der Waals surface area (Å²) >= 11 is 0. The zero-order valence-electron chi connectivity index (χ0n) is 11.9. The first-order chi connectivity index (χ1) is 9.50. The van der Waals surface area contributed by atoms with Crippen molar-refractivity contribution < 1.29 is 9.32 Å². The van der Waals surface area contributed by atoms with Crippen molar-refractivity contribution in [3.8, 4) is 0 Å². The van der Waals surface area contributed by atoms with E-state index >= 15 is 0 Å². The van der Waals surface area contributed by atoms with Crippen LogP contribution in [0.25, 0.3) is 0 Å². The molecule has 0 bridgehead atoms. The molecule has 2 heterocycles. The number of rotatable bonds is 4. The number of carbonyl (C=O) groups is 1. The summed E-state index contributed by atoms with van der Waals surface area (Å²) in [7, 11) is 0. The third-order valence-corrected chi connectivity index (χ3v) is 3.96. The maximum Gasteiger partial charge on any atom is 0.253 e. The minimum Gasteiger partial charge on any atom is -0.367 e. The normalized spacial score (nSPS) is 17.8. The largest absolute Gasteiger partial charge is 0.367 e. The van der Waals surface area contributed by atoms with Crippen LogP contribution in [0.4, 0.5) is 0 Å². The van der Waals surface area contributed by atoms with Crippen molar-refractivity contribution >= 4 is 5.91 Å². The van der Waals surface area contributed by atoms with Crippen LogP contribution in [-0.2, 0) is 5.54 Å². The van der Waals surface area contributed by atoms with E-state index in [0.29, 0.717) is 23.2 Å². The molecule has 0 saturated heterocycles. The third kappa shape index (κ3) is 2.11. The molecule has 0 unspecified atom stereocenters. The molecular formula is C14H18N4O2. The van der Waals surface area contributed by atoms with Crippen molar-refractivity contribution in [1.29, 1.82) is 0 Å². The van der Waals surface area contributed by atoms with E-state index in [4.69, 9.17) is 4.52 Å². The number of nitrogens with zero attached hydrogens (tertiary/aromatic N) is 2. The Hall–Kier alpha value is -2.11. The second-order valence-corrected chi connectivity index (χ2v) is 5.62. The van der Waals surface area contributed by atoms with Gasteiger partial charge < -0.3 is 14.8 Å². The van der Waals surface area contributed by atoms with Gasteiger partial charge in [0.2, 0.25) is 5.89 Å². The van der Waals surface area contributed by atoms with E-state index < -0.39 is 5.54 Å². The zero-order valence-corrected chi connectivity index (χ0v) is 11.9. The lowest BCUT2D eigenvalue weighted by Gasteiger charge is -2.27. The summed E-state index contributed by atoms with van der Waals surface area (Å²) in [5, 5.41) is 7.08. The van der Waals surface area contributed by atoms with Crippen LogP contribution < -0.4 is 5.32 Å². The first-order valence-electron chi connectivity index (χ1n) is 6.77. The zero-order chi connectivity index (χ0) is 14.3. The fourth-order valence-corrected chi connectivity index (χ4v) is 2.50. The predicted octanol–water partition coefficient (Wildman–Crippen LogP) is 2.07. The number of aromatic nitrogens is 3. The van der Waals surface area contributed by atoms with Crippen molar-refractivity contribution in [2.75, 3.05) is 0 Å². The van der Waals surface area contributed by atoms with Crippen LogP contribution in [0.1, 0.15) is 47.4 Å². The molecule has 1 amide bonds. The number of nitrogens with one attached hydrogen (secondary N) is 2. The highest BCUT2D eigenvalue weighted by molar-refractivity contribution is 5.96. The molecule has 20 heavy (non-hydrogen) atoms. The number of aromatic amines is 1. The summed E-state index contributed by atoms with van der Waals surface area (Å²) in [5.41, 5.74) is 1.00. The summed E-state index contributed by atoms with van der Waals surface area (Å²) < 4.78 is 5.07. The van der Waals surface area contributed by atoms with Gasteiger partial charge in [-0.2, -0.15) is 4.98 Å². The van der Waals surface area contributed by atoms with Gasteiger partial charge in [-0.25, -0.2) is 0 Å². The van der Waals surface area contributed by atoms with E-state index in [9.17, 15) is 4.79 Å². The molecule has 3 rings (SSSR count). The van der Waals surface area contributed by atoms with Crippen molar-refractivity contribution in [2.45, 2.75) is 39.2 Å². The van der Waals surface area contributed by atoms with E-state index in [2.05, 4.69) is 20.4 Å². The van der Waals surface area contributed by atoms with Gasteiger partial charge in [0.1, 0.15) is 5.54 Å². The van der Waals surface area contributed by atoms with Crippen LogP contribution in [0, 0.1) is 19.8 Å². The van der Waals surface area contributed by atoms with Crippen molar-refractivity contribution in [1.82, 2.24) is 20.4 Å². The maximum absolute atomic E-state index is 12.4. The molecule has 6 heteroatoms. The van der Waals surface area contributed by atoms with Gasteiger partial charge in [0.25, 0.3) is 5.91 Å². The molecule has 0 aliphatic heterocycles. The number of carbonyl (C=O) groups excluding carboxylic acids is 1. The summed E-state index contributed by atoms with van der Waals surface area (Å²) in [5.74, 6) is 1.32. The van der Waals surface area contributed by atoms with E-state index in [-0.39, 0.29) is 5.91 Å². The van der Waals surface area contributed by atoms with Gasteiger partial charge in [-0.3, -0.25) is 4.79 Å². The second-order valence-electron chi connectivity index (χ2n) is 5.62. The van der Waals surface area contributed by atoms with Crippen LogP contribution in [0.3, 0.4) is 0 Å². The van der Waals surface area contributed by atoms with Crippen molar-refractivity contribution in [2.24, 2.45) is 5.92 Å². The van der Waals surface area contributed by atoms with Crippen molar-refractivity contribution in [3.05, 3.63) is 35.2 Å². The number of hydrogen-bond donors (Lipinski definition) is 2. The Balaban J connectivity index is 1.88. The van der Waals surface area contributed by atoms with E-state index in [1.54, 1.807) is 13.1 Å². The quantitative estimate of drug-likeness (QED) is 0.894. The highest BCUT2D eigenvalue weighted by Crippen LogP contribution is 2.44. The molecule has 1 atom stereocenters. The molecule has 6 nitrogen and oxygen atoms in total. The van der Waals surface area contributed by atoms with Crippen LogP contribution in [0.2, 0.25) is 0 Å². The Kier molecular flexibility index (Phi) is 2.88. The SMILES string of the molecule is Cc1nc([C@](C)(NC(=O)c2c[nH]cc2C)C2CC2)no1. The maximum atomic E-state index is 12.4. The Morgan fingerprint density at radius 3 is 2.70 bits per heavy atom. The van der Waals surface area contributed by atoms with E-state index in [1.165, 1.54) is 0 Å². The van der Waals surface area contributed by atoms with Crippen LogP contribution in [0.5, 0.6) is 0 Å². The minimum atomic E-state index is -0.571. The summed E-state index contributed by atoms with van der Waals surface area (Å²) in [6.45, 7) is 5.62. The average molecular weight is 274 g/mol. The molecule has 0 radical (unpaired) electrons. The Morgan fingerprint density at radius 2 is 2.20 bits per heavy atom. The number of amides is 1. The van der Waals surface area contributed by atoms with Gasteiger partial charge in [0.15, 0.2) is 5.82 Å². The Bertz CT molecular complexity index is 641. The Morgan fingerprint density at radius 1 is 1.45 bits per heavy atom. The molecule has 2 aromatic heterocycles. The summed E-state index contributed by atoms with van der Waals surface area (Å²) in [6, 6.07) is 0. The highest BCUT2D eigenvalue weighted by Gasteiger charge is 2.47. The molecule has 1 saturated carbocycles. The molecule has 1 fully saturated rings. The summed E-state index contributed by atoms with van der Waals surface area (Å²) in [4.78, 5) is 19.7. The molecule has 2 N–H and O–H groups in total. The van der Waals surface area contributed by atoms with Gasteiger partial charge in [0.05, 0.1) is 5.56 Å². The lowest BCUT2D eigenvalue weighted by molar-refractivity contribution is 0.0885. The van der Waals surface area contributed by atoms with Crippen molar-refractivity contribution in [3.63, 3.8) is 0 Å². The van der Waals surface area contributed by atoms with E-state index in [0.717, 1.165) is 18.4 Å². The molecule has 0 spiro atoms. The lowest BCUT2D eigenvalue weighted by atomic mass is 9.94. The van der Waals surface area contributed by atoms with Gasteiger partial charge in [-0.15, -0.1) is 0 Å². The minimum absolute atomic E-state index is 0.111. The first-order valence-corrected chi connectivity index (χ1v) is 6.77. The van der Waals surface area contributed by atoms with Gasteiger partial charge in [0, 0.05) is 19.3 Å². The second kappa shape index (κ2) is 4.47. The molecule has 106 valence electrons. The third-order valence-electron chi connectivity index (χ3n) is 3.96. The monoisotopic (exact) mass is 274 g/mol. The average Bonchev–Trinajstić information content (AvgIpc) is 3.04. The van der Waals surface area contributed by atoms with Crippen LogP contribution in [0.15, 0.2) is 16.9 Å². The van der Waals surface area contributed by atoms with Gasteiger partial charge in [-0.05, 0) is 38.2 Å². The van der Waals surface area contributed by atoms with Crippen LogP contribution in [-0.4, -0.2) is 21.0 Å². The lowest BCUT2D eigenvalue weighted by Crippen LogP contribution is -2.46. The smallest absolute Gasteiger partial charge is 0.253 e. The first kappa shape index (κ1) is 12.9. The van der Waals surface area contributed by atoms with Gasteiger partial charge >= 0.3 is 0 Å². The van der Waals surface area contributed by atoms with E-state index in [1.807, 2.05) is 20.0 Å². The fraction of sp³-hybridized carbons (Fsp3) is 0.500. The molecular weight excluding hydrogens is 256 g/mol. The molecule has 1 aliphatic carbocycles. The highest BCUT2D eigenvalue weighted by atomic mass is 16.5. The van der Waals surface area contributed by atoms with Gasteiger partial charge in [-0.1, -0.05) is 5.16 Å². The molecule has 0 aromatic carbocycles.